The molecule has 146 valence electrons. The Morgan fingerprint density at radius 1 is 1.25 bits per heavy atom. The number of hydrogen-bond donors (Lipinski definition) is 1. The van der Waals surface area contributed by atoms with Crippen molar-refractivity contribution < 1.29 is 9.53 Å². The molecule has 0 bridgehead atoms. The zero-order valence-corrected chi connectivity index (χ0v) is 17.1. The lowest BCUT2D eigenvalue weighted by atomic mass is 9.74. The van der Waals surface area contributed by atoms with Crippen molar-refractivity contribution in [1.82, 2.24) is 14.7 Å². The largest absolute Gasteiger partial charge is 0.381 e. The van der Waals surface area contributed by atoms with Crippen LogP contribution in [0, 0.1) is 6.92 Å². The maximum absolute atomic E-state index is 12.8. The summed E-state index contributed by atoms with van der Waals surface area (Å²) in [7, 11) is 0. The predicted molar refractivity (Wildman–Crippen MR) is 110 cm³/mol. The number of hydrogen-bond acceptors (Lipinski definition) is 3. The first kappa shape index (κ1) is 19.2. The standard InChI is InChI=1S/C21H21Cl2N3O2/c1-14-4-7-26-12-18(25-19(26)10-14)20(27)24-13-21(5-8-28-9-6-21)16-3-2-15(22)11-17(16)23/h2-4,7,10-12H,5-6,8-9,13H2,1H3,(H,24,27). The van der Waals surface area contributed by atoms with Gasteiger partial charge in [-0.05, 0) is 55.2 Å². The first-order chi connectivity index (χ1) is 13.5. The number of halogens is 2. The number of nitrogens with one attached hydrogen (secondary N) is 1. The zero-order valence-electron chi connectivity index (χ0n) is 15.5. The van der Waals surface area contributed by atoms with Gasteiger partial charge in [0.05, 0.1) is 0 Å². The predicted octanol–water partition coefficient (Wildman–Crippen LogP) is 4.43. The molecule has 0 spiro atoms. The molecule has 0 atom stereocenters. The molecule has 1 aliphatic heterocycles. The molecular weight excluding hydrogens is 397 g/mol. The maximum atomic E-state index is 12.8. The van der Waals surface area contributed by atoms with E-state index in [2.05, 4.69) is 10.3 Å². The van der Waals surface area contributed by atoms with Crippen LogP contribution in [0.5, 0.6) is 0 Å². The fraction of sp³-hybridized carbons (Fsp3) is 0.333. The normalized spacial score (nSPS) is 16.2. The molecule has 7 heteroatoms. The molecule has 28 heavy (non-hydrogen) atoms. The number of carbonyl (C=O) groups excluding carboxylic acids is 1. The van der Waals surface area contributed by atoms with E-state index >= 15 is 0 Å². The molecule has 1 fully saturated rings. The summed E-state index contributed by atoms with van der Waals surface area (Å²) in [5.41, 5.74) is 2.96. The van der Waals surface area contributed by atoms with Crippen LogP contribution in [0.1, 0.15) is 34.5 Å². The molecule has 3 aromatic rings. The van der Waals surface area contributed by atoms with E-state index < -0.39 is 0 Å². The van der Waals surface area contributed by atoms with Crippen LogP contribution in [0.25, 0.3) is 5.65 Å². The van der Waals surface area contributed by atoms with Crippen molar-refractivity contribution in [3.05, 3.63) is 69.6 Å². The third-order valence-electron chi connectivity index (χ3n) is 5.39. The molecule has 3 heterocycles. The summed E-state index contributed by atoms with van der Waals surface area (Å²) in [6.07, 6.45) is 5.20. The Morgan fingerprint density at radius 2 is 2.04 bits per heavy atom. The van der Waals surface area contributed by atoms with Crippen LogP contribution in [0.4, 0.5) is 0 Å². The topological polar surface area (TPSA) is 55.6 Å². The molecule has 0 saturated carbocycles. The lowest BCUT2D eigenvalue weighted by Crippen LogP contribution is -2.44. The van der Waals surface area contributed by atoms with Crippen molar-refractivity contribution in [3.63, 3.8) is 0 Å². The SMILES string of the molecule is Cc1ccn2cc(C(=O)NCC3(c4ccc(Cl)cc4Cl)CCOCC3)nc2c1. The summed E-state index contributed by atoms with van der Waals surface area (Å²) >= 11 is 12.6. The molecule has 1 saturated heterocycles. The van der Waals surface area contributed by atoms with Crippen LogP contribution < -0.4 is 5.32 Å². The number of ether oxygens (including phenoxy) is 1. The van der Waals surface area contributed by atoms with Gasteiger partial charge < -0.3 is 14.5 Å². The van der Waals surface area contributed by atoms with E-state index in [-0.39, 0.29) is 11.3 Å². The highest BCUT2D eigenvalue weighted by molar-refractivity contribution is 6.35. The number of aromatic nitrogens is 2. The first-order valence-corrected chi connectivity index (χ1v) is 9.99. The van der Waals surface area contributed by atoms with E-state index in [1.165, 1.54) is 0 Å². The van der Waals surface area contributed by atoms with Crippen molar-refractivity contribution in [1.29, 1.82) is 0 Å². The molecule has 2 aromatic heterocycles. The lowest BCUT2D eigenvalue weighted by molar-refractivity contribution is 0.0487. The Labute approximate surface area is 173 Å². The van der Waals surface area contributed by atoms with Gasteiger partial charge in [0, 0.05) is 47.6 Å². The van der Waals surface area contributed by atoms with Crippen molar-refractivity contribution in [2.45, 2.75) is 25.2 Å². The highest BCUT2D eigenvalue weighted by Gasteiger charge is 2.36. The molecule has 1 aliphatic rings. The summed E-state index contributed by atoms with van der Waals surface area (Å²) in [4.78, 5) is 17.2. The fourth-order valence-electron chi connectivity index (χ4n) is 3.76. The number of aryl methyl sites for hydroxylation is 1. The molecule has 4 rings (SSSR count). The van der Waals surface area contributed by atoms with E-state index in [1.54, 1.807) is 12.3 Å². The number of amides is 1. The molecular formula is C21H21Cl2N3O2. The number of benzene rings is 1. The second-order valence-corrected chi connectivity index (χ2v) is 8.14. The van der Waals surface area contributed by atoms with Gasteiger partial charge in [0.2, 0.25) is 0 Å². The molecule has 1 amide bonds. The van der Waals surface area contributed by atoms with Gasteiger partial charge in [-0.2, -0.15) is 0 Å². The van der Waals surface area contributed by atoms with Crippen LogP contribution in [-0.2, 0) is 10.2 Å². The average Bonchev–Trinajstić information content (AvgIpc) is 3.10. The number of rotatable bonds is 4. The van der Waals surface area contributed by atoms with Crippen LogP contribution >= 0.6 is 23.2 Å². The van der Waals surface area contributed by atoms with Crippen molar-refractivity contribution in [2.75, 3.05) is 19.8 Å². The smallest absolute Gasteiger partial charge is 0.271 e. The second-order valence-electron chi connectivity index (χ2n) is 7.30. The van der Waals surface area contributed by atoms with Crippen LogP contribution in [0.3, 0.4) is 0 Å². The van der Waals surface area contributed by atoms with Crippen LogP contribution in [0.15, 0.2) is 42.7 Å². The third-order valence-corrected chi connectivity index (χ3v) is 5.94. The Bertz CT molecular complexity index is 1030. The molecule has 0 radical (unpaired) electrons. The summed E-state index contributed by atoms with van der Waals surface area (Å²) in [6.45, 7) is 3.72. The van der Waals surface area contributed by atoms with Gasteiger partial charge >= 0.3 is 0 Å². The minimum atomic E-state index is -0.286. The average molecular weight is 418 g/mol. The summed E-state index contributed by atoms with van der Waals surface area (Å²) < 4.78 is 7.40. The summed E-state index contributed by atoms with van der Waals surface area (Å²) in [5, 5.41) is 4.28. The van der Waals surface area contributed by atoms with Gasteiger partial charge in [-0.3, -0.25) is 4.79 Å². The molecule has 1 N–H and O–H groups in total. The minimum absolute atomic E-state index is 0.197. The minimum Gasteiger partial charge on any atom is -0.381 e. The van der Waals surface area contributed by atoms with Gasteiger partial charge in [0.25, 0.3) is 5.91 Å². The number of imidazole rings is 1. The van der Waals surface area contributed by atoms with E-state index in [0.717, 1.165) is 29.6 Å². The molecule has 0 aliphatic carbocycles. The van der Waals surface area contributed by atoms with Crippen molar-refractivity contribution >= 4 is 34.8 Å². The zero-order chi connectivity index (χ0) is 19.7. The maximum Gasteiger partial charge on any atom is 0.271 e. The fourth-order valence-corrected chi connectivity index (χ4v) is 4.37. The Hall–Kier alpha value is -2.08. The number of carbonyl (C=O) groups is 1. The molecule has 5 nitrogen and oxygen atoms in total. The van der Waals surface area contributed by atoms with Crippen LogP contribution in [-0.4, -0.2) is 35.1 Å². The Morgan fingerprint density at radius 3 is 2.79 bits per heavy atom. The van der Waals surface area contributed by atoms with E-state index in [4.69, 9.17) is 27.9 Å². The molecule has 0 unspecified atom stereocenters. The van der Waals surface area contributed by atoms with E-state index in [1.807, 2.05) is 41.8 Å². The number of nitrogens with zero attached hydrogens (tertiary/aromatic N) is 2. The highest BCUT2D eigenvalue weighted by Crippen LogP contribution is 2.39. The quantitative estimate of drug-likeness (QED) is 0.682. The molecule has 1 aromatic carbocycles. The van der Waals surface area contributed by atoms with Gasteiger partial charge in [-0.1, -0.05) is 29.3 Å². The van der Waals surface area contributed by atoms with Gasteiger partial charge in [0.15, 0.2) is 0 Å². The van der Waals surface area contributed by atoms with Crippen LogP contribution in [0.2, 0.25) is 10.0 Å². The van der Waals surface area contributed by atoms with Crippen molar-refractivity contribution in [3.8, 4) is 0 Å². The summed E-state index contributed by atoms with van der Waals surface area (Å²) in [5.74, 6) is -0.197. The van der Waals surface area contributed by atoms with Gasteiger partial charge in [-0.15, -0.1) is 0 Å². The van der Waals surface area contributed by atoms with Gasteiger partial charge in [-0.25, -0.2) is 4.98 Å². The summed E-state index contributed by atoms with van der Waals surface area (Å²) in [6, 6.07) is 9.48. The Balaban J connectivity index is 1.57. The monoisotopic (exact) mass is 417 g/mol. The highest BCUT2D eigenvalue weighted by atomic mass is 35.5. The third kappa shape index (κ3) is 3.75. The van der Waals surface area contributed by atoms with Crippen molar-refractivity contribution in [2.24, 2.45) is 0 Å². The first-order valence-electron chi connectivity index (χ1n) is 9.24. The number of pyridine rings is 1. The Kier molecular flexibility index (Phi) is 5.32. The second kappa shape index (κ2) is 7.74. The van der Waals surface area contributed by atoms with E-state index in [9.17, 15) is 4.79 Å². The lowest BCUT2D eigenvalue weighted by Gasteiger charge is -2.38. The van der Waals surface area contributed by atoms with E-state index in [0.29, 0.717) is 35.5 Å². The number of fused-ring (bicyclic) bond motifs is 1. The van der Waals surface area contributed by atoms with Gasteiger partial charge in [0.1, 0.15) is 11.3 Å².